The van der Waals surface area contributed by atoms with Crippen LogP contribution in [0.3, 0.4) is 0 Å². The minimum absolute atomic E-state index is 0.944. The molecule has 0 aliphatic rings. The van der Waals surface area contributed by atoms with Crippen molar-refractivity contribution in [2.45, 2.75) is 6.54 Å². The van der Waals surface area contributed by atoms with Crippen LogP contribution in [-0.4, -0.2) is 59.4 Å². The Morgan fingerprint density at radius 1 is 0.619 bits per heavy atom. The predicted octanol–water partition coefficient (Wildman–Crippen LogP) is -0.236. The predicted molar refractivity (Wildman–Crippen MR) is 90.7 cm³/mol. The first-order valence-electron chi connectivity index (χ1n) is 7.95. The summed E-state index contributed by atoms with van der Waals surface area (Å²) in [7, 11) is 1.97. The van der Waals surface area contributed by atoms with E-state index in [4.69, 9.17) is 0 Å². The summed E-state index contributed by atoms with van der Waals surface area (Å²) in [5.74, 6) is 0. The van der Waals surface area contributed by atoms with E-state index < -0.39 is 0 Å². The molecule has 5 N–H and O–H groups in total. The maximum absolute atomic E-state index is 3.43. The molecule has 5 nitrogen and oxygen atoms in total. The fourth-order valence-electron chi connectivity index (χ4n) is 1.95. The fraction of sp³-hybridized carbons (Fsp3) is 0.625. The van der Waals surface area contributed by atoms with Crippen LogP contribution in [0.25, 0.3) is 0 Å². The van der Waals surface area contributed by atoms with E-state index in [0.717, 1.165) is 58.9 Å². The summed E-state index contributed by atoms with van der Waals surface area (Å²) in [6, 6.07) is 10.5. The van der Waals surface area contributed by atoms with E-state index in [-0.39, 0.29) is 0 Å². The van der Waals surface area contributed by atoms with Crippen molar-refractivity contribution in [3.8, 4) is 0 Å². The second-order valence-corrected chi connectivity index (χ2v) is 5.02. The number of rotatable bonds is 14. The molecule has 0 unspecified atom stereocenters. The van der Waals surface area contributed by atoms with Crippen molar-refractivity contribution in [3.63, 3.8) is 0 Å². The average Bonchev–Trinajstić information content (AvgIpc) is 2.53. The minimum Gasteiger partial charge on any atom is -0.318 e. The van der Waals surface area contributed by atoms with Gasteiger partial charge >= 0.3 is 0 Å². The molecule has 0 fully saturated rings. The van der Waals surface area contributed by atoms with Gasteiger partial charge in [0.05, 0.1) is 0 Å². The van der Waals surface area contributed by atoms with Crippen molar-refractivity contribution < 1.29 is 0 Å². The summed E-state index contributed by atoms with van der Waals surface area (Å²) in [6.07, 6.45) is 0. The van der Waals surface area contributed by atoms with Gasteiger partial charge in [0.15, 0.2) is 0 Å². The molecule has 0 radical (unpaired) electrons. The summed E-state index contributed by atoms with van der Waals surface area (Å²) in [4.78, 5) is 0. The van der Waals surface area contributed by atoms with Gasteiger partial charge in [0.25, 0.3) is 0 Å². The second-order valence-electron chi connectivity index (χ2n) is 5.02. The first kappa shape index (κ1) is 18.1. The van der Waals surface area contributed by atoms with Crippen molar-refractivity contribution in [1.82, 2.24) is 26.6 Å². The highest BCUT2D eigenvalue weighted by molar-refractivity contribution is 5.14. The number of likely N-dealkylation sites (N-methyl/N-ethyl adjacent to an activating group) is 1. The monoisotopic (exact) mass is 293 g/mol. The molecule has 5 heteroatoms. The molecule has 0 amide bonds. The summed E-state index contributed by atoms with van der Waals surface area (Å²) in [5.41, 5.74) is 1.34. The van der Waals surface area contributed by atoms with Crippen molar-refractivity contribution in [1.29, 1.82) is 0 Å². The zero-order valence-corrected chi connectivity index (χ0v) is 13.3. The van der Waals surface area contributed by atoms with Gasteiger partial charge in [-0.2, -0.15) is 0 Å². The van der Waals surface area contributed by atoms with Crippen molar-refractivity contribution in [2.75, 3.05) is 59.4 Å². The van der Waals surface area contributed by atoms with Crippen LogP contribution in [0.2, 0.25) is 0 Å². The van der Waals surface area contributed by atoms with Gasteiger partial charge in [0.1, 0.15) is 0 Å². The number of hydrogen-bond acceptors (Lipinski definition) is 5. The first-order chi connectivity index (χ1) is 10.4. The molecular weight excluding hydrogens is 262 g/mol. The zero-order chi connectivity index (χ0) is 15.0. The quantitative estimate of drug-likeness (QED) is 0.307. The van der Waals surface area contributed by atoms with Gasteiger partial charge in [-0.15, -0.1) is 0 Å². The standard InChI is InChI=1S/C16H31N5/c1-17-7-8-18-9-10-19-11-12-20-13-14-21-15-16-5-3-2-4-6-16/h2-6,17-21H,7-15H2,1H3. The fourth-order valence-corrected chi connectivity index (χ4v) is 1.95. The second kappa shape index (κ2) is 14.0. The lowest BCUT2D eigenvalue weighted by Crippen LogP contribution is -2.36. The van der Waals surface area contributed by atoms with Crippen LogP contribution in [0.5, 0.6) is 0 Å². The third-order valence-electron chi connectivity index (χ3n) is 3.16. The van der Waals surface area contributed by atoms with E-state index in [2.05, 4.69) is 50.8 Å². The van der Waals surface area contributed by atoms with Gasteiger partial charge in [0, 0.05) is 58.9 Å². The molecule has 0 saturated heterocycles. The zero-order valence-electron chi connectivity index (χ0n) is 13.3. The third-order valence-corrected chi connectivity index (χ3v) is 3.16. The highest BCUT2D eigenvalue weighted by Gasteiger charge is 1.91. The molecular formula is C16H31N5. The number of hydrogen-bond donors (Lipinski definition) is 5. The molecule has 1 aromatic rings. The van der Waals surface area contributed by atoms with E-state index in [1.54, 1.807) is 0 Å². The molecule has 120 valence electrons. The third kappa shape index (κ3) is 11.4. The lowest BCUT2D eigenvalue weighted by atomic mass is 10.2. The van der Waals surface area contributed by atoms with Crippen molar-refractivity contribution in [3.05, 3.63) is 35.9 Å². The largest absolute Gasteiger partial charge is 0.318 e. The van der Waals surface area contributed by atoms with Crippen LogP contribution < -0.4 is 26.6 Å². The SMILES string of the molecule is CNCCNCCNCCNCCNCc1ccccc1. The van der Waals surface area contributed by atoms with Gasteiger partial charge in [-0.25, -0.2) is 0 Å². The van der Waals surface area contributed by atoms with Crippen LogP contribution in [0, 0.1) is 0 Å². The molecule has 0 aliphatic carbocycles. The van der Waals surface area contributed by atoms with Crippen LogP contribution in [0.15, 0.2) is 30.3 Å². The molecule has 0 aromatic heterocycles. The van der Waals surface area contributed by atoms with E-state index >= 15 is 0 Å². The molecule has 0 heterocycles. The van der Waals surface area contributed by atoms with Gasteiger partial charge < -0.3 is 26.6 Å². The Labute approximate surface area is 129 Å². The summed E-state index contributed by atoms with van der Waals surface area (Å²) >= 11 is 0. The molecule has 1 aromatic carbocycles. The normalized spacial score (nSPS) is 10.9. The van der Waals surface area contributed by atoms with E-state index in [1.165, 1.54) is 5.56 Å². The molecule has 0 spiro atoms. The Morgan fingerprint density at radius 2 is 1.10 bits per heavy atom. The molecule has 0 atom stereocenters. The Hall–Kier alpha value is -0.980. The van der Waals surface area contributed by atoms with Gasteiger partial charge in [0.2, 0.25) is 0 Å². The Kier molecular flexibility index (Phi) is 12.0. The topological polar surface area (TPSA) is 60.1 Å². The lowest BCUT2D eigenvalue weighted by Gasteiger charge is -2.08. The number of nitrogens with one attached hydrogen (secondary N) is 5. The summed E-state index contributed by atoms with van der Waals surface area (Å²) in [6.45, 7) is 9.10. The molecule has 0 saturated carbocycles. The average molecular weight is 293 g/mol. The van der Waals surface area contributed by atoms with Crippen LogP contribution in [0.1, 0.15) is 5.56 Å². The minimum atomic E-state index is 0.944. The van der Waals surface area contributed by atoms with E-state index in [9.17, 15) is 0 Å². The van der Waals surface area contributed by atoms with Crippen LogP contribution in [-0.2, 0) is 6.54 Å². The Balaban J connectivity index is 1.75. The van der Waals surface area contributed by atoms with Gasteiger partial charge in [-0.1, -0.05) is 30.3 Å². The van der Waals surface area contributed by atoms with Gasteiger partial charge in [-0.05, 0) is 12.6 Å². The molecule has 21 heavy (non-hydrogen) atoms. The highest BCUT2D eigenvalue weighted by Crippen LogP contribution is 1.96. The maximum atomic E-state index is 3.43. The molecule has 0 aliphatic heterocycles. The maximum Gasteiger partial charge on any atom is 0.0206 e. The smallest absolute Gasteiger partial charge is 0.0206 e. The van der Waals surface area contributed by atoms with Crippen molar-refractivity contribution in [2.24, 2.45) is 0 Å². The summed E-state index contributed by atoms with van der Waals surface area (Å²) in [5, 5.41) is 16.8. The van der Waals surface area contributed by atoms with E-state index in [1.807, 2.05) is 13.1 Å². The number of benzene rings is 1. The van der Waals surface area contributed by atoms with Gasteiger partial charge in [-0.3, -0.25) is 0 Å². The Morgan fingerprint density at radius 3 is 1.62 bits per heavy atom. The van der Waals surface area contributed by atoms with Crippen LogP contribution >= 0.6 is 0 Å². The molecule has 1 rings (SSSR count). The molecule has 0 bridgehead atoms. The highest BCUT2D eigenvalue weighted by atomic mass is 15.0. The van der Waals surface area contributed by atoms with E-state index in [0.29, 0.717) is 0 Å². The van der Waals surface area contributed by atoms with Crippen LogP contribution in [0.4, 0.5) is 0 Å². The van der Waals surface area contributed by atoms with Crippen molar-refractivity contribution >= 4 is 0 Å². The summed E-state index contributed by atoms with van der Waals surface area (Å²) < 4.78 is 0. The Bertz CT molecular complexity index is 318. The first-order valence-corrected chi connectivity index (χ1v) is 7.95. The lowest BCUT2D eigenvalue weighted by molar-refractivity contribution is 0.563.